The van der Waals surface area contributed by atoms with Gasteiger partial charge in [0.1, 0.15) is 17.7 Å². The lowest BCUT2D eigenvalue weighted by Crippen LogP contribution is -2.56. The lowest BCUT2D eigenvalue weighted by molar-refractivity contribution is -0.166. The molecule has 7 nitrogen and oxygen atoms in total. The second-order valence-corrected chi connectivity index (χ2v) is 11.5. The van der Waals surface area contributed by atoms with Crippen LogP contribution in [0, 0.1) is 0 Å². The van der Waals surface area contributed by atoms with Crippen LogP contribution in [0.25, 0.3) is 0 Å². The second kappa shape index (κ2) is 13.8. The Morgan fingerprint density at radius 2 is 1.66 bits per heavy atom. The quantitative estimate of drug-likeness (QED) is 0.443. The first-order valence-corrected chi connectivity index (χ1v) is 14.4. The summed E-state index contributed by atoms with van der Waals surface area (Å²) in [7, 11) is 0. The largest absolute Gasteiger partial charge is 0.465 e. The van der Waals surface area contributed by atoms with E-state index in [0.717, 1.165) is 11.1 Å². The number of benzene rings is 2. The SMILES string of the molecule is CCOC(=O)C(CCc1ccccc1)NC1CSCC(c2ccccc2)N(C(C)C(=O)OC(C)(C)C)C1=O. The maximum atomic E-state index is 14.1. The van der Waals surface area contributed by atoms with Crippen LogP contribution in [-0.2, 0) is 30.3 Å². The molecule has 0 bridgehead atoms. The predicted molar refractivity (Wildman–Crippen MR) is 151 cm³/mol. The highest BCUT2D eigenvalue weighted by Crippen LogP contribution is 2.32. The molecule has 1 saturated heterocycles. The first kappa shape index (κ1) is 29.7. The van der Waals surface area contributed by atoms with Crippen molar-refractivity contribution >= 4 is 29.6 Å². The molecule has 4 atom stereocenters. The third-order valence-electron chi connectivity index (χ3n) is 6.34. The van der Waals surface area contributed by atoms with Gasteiger partial charge in [-0.3, -0.25) is 14.9 Å². The molecule has 1 fully saturated rings. The highest BCUT2D eigenvalue weighted by Gasteiger charge is 2.41. The molecule has 0 saturated carbocycles. The molecule has 8 heteroatoms. The summed E-state index contributed by atoms with van der Waals surface area (Å²) in [5.41, 5.74) is 1.38. The fourth-order valence-corrected chi connectivity index (χ4v) is 5.69. The average molecular weight is 541 g/mol. The van der Waals surface area contributed by atoms with Crippen molar-refractivity contribution in [2.45, 2.75) is 77.2 Å². The van der Waals surface area contributed by atoms with E-state index in [2.05, 4.69) is 5.32 Å². The van der Waals surface area contributed by atoms with E-state index >= 15 is 0 Å². The van der Waals surface area contributed by atoms with Crippen molar-refractivity contribution in [3.05, 3.63) is 71.8 Å². The van der Waals surface area contributed by atoms with Crippen LogP contribution >= 0.6 is 11.8 Å². The van der Waals surface area contributed by atoms with E-state index in [1.165, 1.54) is 0 Å². The number of aryl methyl sites for hydroxylation is 1. The van der Waals surface area contributed by atoms with E-state index in [0.29, 0.717) is 24.3 Å². The molecule has 206 valence electrons. The second-order valence-electron chi connectivity index (χ2n) is 10.5. The number of rotatable bonds is 10. The Balaban J connectivity index is 1.88. The zero-order valence-corrected chi connectivity index (χ0v) is 23.8. The van der Waals surface area contributed by atoms with Gasteiger partial charge in [0.2, 0.25) is 5.91 Å². The number of hydrogen-bond acceptors (Lipinski definition) is 7. The van der Waals surface area contributed by atoms with Gasteiger partial charge in [-0.15, -0.1) is 0 Å². The molecule has 0 aromatic heterocycles. The highest BCUT2D eigenvalue weighted by atomic mass is 32.2. The Morgan fingerprint density at radius 3 is 2.26 bits per heavy atom. The van der Waals surface area contributed by atoms with Gasteiger partial charge in [0.15, 0.2) is 0 Å². The van der Waals surface area contributed by atoms with Crippen LogP contribution in [0.15, 0.2) is 60.7 Å². The molecule has 2 aromatic carbocycles. The standard InChI is InChI=1S/C30H40N2O5S/c1-6-36-29(35)24(18-17-22-13-9-7-10-14-22)31-25-19-38-20-26(23-15-11-8-12-16-23)32(27(25)33)21(2)28(34)37-30(3,4)5/h7-16,21,24-26,31H,6,17-20H2,1-5H3. The third-order valence-corrected chi connectivity index (χ3v) is 7.46. The maximum absolute atomic E-state index is 14.1. The van der Waals surface area contributed by atoms with E-state index in [1.54, 1.807) is 30.5 Å². The zero-order chi connectivity index (χ0) is 27.7. The minimum atomic E-state index is -0.805. The van der Waals surface area contributed by atoms with Crippen molar-refractivity contribution in [2.75, 3.05) is 18.1 Å². The summed E-state index contributed by atoms with van der Waals surface area (Å²) in [4.78, 5) is 41.8. The first-order chi connectivity index (χ1) is 18.1. The van der Waals surface area contributed by atoms with E-state index < -0.39 is 29.7 Å². The fourth-order valence-electron chi connectivity index (χ4n) is 4.51. The highest BCUT2D eigenvalue weighted by molar-refractivity contribution is 7.99. The number of nitrogens with zero attached hydrogens (tertiary/aromatic N) is 1. The smallest absolute Gasteiger partial charge is 0.329 e. The van der Waals surface area contributed by atoms with Crippen molar-refractivity contribution in [3.8, 4) is 0 Å². The number of carbonyl (C=O) groups excluding carboxylic acids is 3. The first-order valence-electron chi connectivity index (χ1n) is 13.2. The summed E-state index contributed by atoms with van der Waals surface area (Å²) < 4.78 is 11.0. The average Bonchev–Trinajstić information content (AvgIpc) is 3.04. The molecular weight excluding hydrogens is 500 g/mol. The summed E-state index contributed by atoms with van der Waals surface area (Å²) in [6.07, 6.45) is 1.15. The van der Waals surface area contributed by atoms with Gasteiger partial charge in [0.05, 0.1) is 18.7 Å². The normalized spacial score (nSPS) is 19.8. The van der Waals surface area contributed by atoms with Gasteiger partial charge in [-0.05, 0) is 58.6 Å². The summed E-state index contributed by atoms with van der Waals surface area (Å²) >= 11 is 1.63. The van der Waals surface area contributed by atoms with Gasteiger partial charge in [-0.1, -0.05) is 60.7 Å². The fraction of sp³-hybridized carbons (Fsp3) is 0.500. The number of carbonyl (C=O) groups is 3. The van der Waals surface area contributed by atoms with E-state index in [4.69, 9.17) is 9.47 Å². The minimum Gasteiger partial charge on any atom is -0.465 e. The molecule has 3 rings (SSSR count). The third kappa shape index (κ3) is 8.33. The topological polar surface area (TPSA) is 84.9 Å². The van der Waals surface area contributed by atoms with Crippen molar-refractivity contribution in [3.63, 3.8) is 0 Å². The number of esters is 2. The van der Waals surface area contributed by atoms with Crippen LogP contribution in [0.3, 0.4) is 0 Å². The Morgan fingerprint density at radius 1 is 1.03 bits per heavy atom. The van der Waals surface area contributed by atoms with Gasteiger partial charge in [0, 0.05) is 11.5 Å². The molecule has 1 heterocycles. The van der Waals surface area contributed by atoms with Gasteiger partial charge in [0.25, 0.3) is 0 Å². The van der Waals surface area contributed by atoms with E-state index in [1.807, 2.05) is 81.4 Å². The molecule has 4 unspecified atom stereocenters. The predicted octanol–water partition coefficient (Wildman–Crippen LogP) is 4.56. The molecule has 1 N–H and O–H groups in total. The number of thioether (sulfide) groups is 1. The number of amides is 1. The molecule has 2 aromatic rings. The van der Waals surface area contributed by atoms with Gasteiger partial charge in [-0.2, -0.15) is 11.8 Å². The Hall–Kier alpha value is -2.84. The van der Waals surface area contributed by atoms with Crippen LogP contribution < -0.4 is 5.32 Å². The number of hydrogen-bond donors (Lipinski definition) is 1. The molecule has 1 aliphatic heterocycles. The Bertz CT molecular complexity index is 1060. The molecule has 0 aliphatic carbocycles. The van der Waals surface area contributed by atoms with Gasteiger partial charge >= 0.3 is 11.9 Å². The minimum absolute atomic E-state index is 0.226. The maximum Gasteiger partial charge on any atom is 0.329 e. The van der Waals surface area contributed by atoms with Crippen LogP contribution in [0.5, 0.6) is 0 Å². The van der Waals surface area contributed by atoms with Crippen LogP contribution in [0.4, 0.5) is 0 Å². The summed E-state index contributed by atoms with van der Waals surface area (Å²) in [5.74, 6) is 0.0346. The Kier molecular flexibility index (Phi) is 10.8. The molecule has 0 radical (unpaired) electrons. The summed E-state index contributed by atoms with van der Waals surface area (Å²) in [5, 5.41) is 3.31. The van der Waals surface area contributed by atoms with Gasteiger partial charge < -0.3 is 14.4 Å². The lowest BCUT2D eigenvalue weighted by Gasteiger charge is -2.37. The zero-order valence-electron chi connectivity index (χ0n) is 23.0. The molecule has 38 heavy (non-hydrogen) atoms. The van der Waals surface area contributed by atoms with E-state index in [9.17, 15) is 14.4 Å². The van der Waals surface area contributed by atoms with E-state index in [-0.39, 0.29) is 24.5 Å². The van der Waals surface area contributed by atoms with Crippen molar-refractivity contribution in [1.82, 2.24) is 10.2 Å². The lowest BCUT2D eigenvalue weighted by atomic mass is 10.0. The molecule has 0 spiro atoms. The van der Waals surface area contributed by atoms with Gasteiger partial charge in [-0.25, -0.2) is 4.79 Å². The van der Waals surface area contributed by atoms with Crippen molar-refractivity contribution in [2.24, 2.45) is 0 Å². The van der Waals surface area contributed by atoms with Crippen molar-refractivity contribution < 1.29 is 23.9 Å². The number of nitrogens with one attached hydrogen (secondary N) is 1. The molecule has 1 amide bonds. The summed E-state index contributed by atoms with van der Waals surface area (Å²) in [6.45, 7) is 9.18. The monoisotopic (exact) mass is 540 g/mol. The molecular formula is C30H40N2O5S. The number of ether oxygens (including phenoxy) is 2. The van der Waals surface area contributed by atoms with Crippen LogP contribution in [0.1, 0.15) is 58.2 Å². The van der Waals surface area contributed by atoms with Crippen molar-refractivity contribution in [1.29, 1.82) is 0 Å². The molecule has 1 aliphatic rings. The van der Waals surface area contributed by atoms with Crippen LogP contribution in [0.2, 0.25) is 0 Å². The Labute approximate surface area is 230 Å². The summed E-state index contributed by atoms with van der Waals surface area (Å²) in [6, 6.07) is 17.2. The van der Waals surface area contributed by atoms with Crippen LogP contribution in [-0.4, -0.2) is 64.6 Å².